The lowest BCUT2D eigenvalue weighted by Gasteiger charge is -2.00. The van der Waals surface area contributed by atoms with Crippen LogP contribution in [-0.2, 0) is 4.79 Å². The molecular formula is C7H10N2OS. The van der Waals surface area contributed by atoms with Crippen molar-refractivity contribution in [2.24, 2.45) is 0 Å². The minimum Gasteiger partial charge on any atom is -0.375 e. The standard InChI is InChI=1S/C7H10N2OS/c1-4(5(2)10)6-3-11-7(8)9-6/h3-4H,1-2H3,(H2,8,9). The van der Waals surface area contributed by atoms with E-state index in [4.69, 9.17) is 5.73 Å². The smallest absolute Gasteiger partial charge is 0.180 e. The number of aromatic nitrogens is 1. The highest BCUT2D eigenvalue weighted by Gasteiger charge is 2.12. The summed E-state index contributed by atoms with van der Waals surface area (Å²) in [5.74, 6) is -0.00106. The monoisotopic (exact) mass is 170 g/mol. The Labute approximate surface area is 69.3 Å². The predicted octanol–water partition coefficient (Wildman–Crippen LogP) is 1.42. The summed E-state index contributed by atoms with van der Waals surface area (Å²) in [5.41, 5.74) is 6.19. The molecule has 0 aliphatic heterocycles. The van der Waals surface area contributed by atoms with Gasteiger partial charge in [-0.1, -0.05) is 0 Å². The van der Waals surface area contributed by atoms with Crippen molar-refractivity contribution in [1.82, 2.24) is 4.98 Å². The zero-order valence-electron chi connectivity index (χ0n) is 6.50. The number of carbonyl (C=O) groups is 1. The second-order valence-electron chi connectivity index (χ2n) is 2.44. The van der Waals surface area contributed by atoms with Crippen molar-refractivity contribution in [1.29, 1.82) is 0 Å². The van der Waals surface area contributed by atoms with Crippen LogP contribution in [-0.4, -0.2) is 10.8 Å². The predicted molar refractivity (Wildman–Crippen MR) is 45.6 cm³/mol. The lowest BCUT2D eigenvalue weighted by molar-refractivity contribution is -0.118. The fraction of sp³-hybridized carbons (Fsp3) is 0.429. The number of anilines is 1. The van der Waals surface area contributed by atoms with E-state index in [1.807, 2.05) is 12.3 Å². The molecule has 1 atom stereocenters. The fourth-order valence-electron chi connectivity index (χ4n) is 0.708. The van der Waals surface area contributed by atoms with Gasteiger partial charge >= 0.3 is 0 Å². The zero-order valence-corrected chi connectivity index (χ0v) is 7.31. The molecule has 1 aromatic rings. The van der Waals surface area contributed by atoms with Gasteiger partial charge in [0.2, 0.25) is 0 Å². The Bertz CT molecular complexity index is 269. The van der Waals surface area contributed by atoms with Gasteiger partial charge in [-0.3, -0.25) is 4.79 Å². The number of carbonyl (C=O) groups excluding carboxylic acids is 1. The third-order valence-corrected chi connectivity index (χ3v) is 2.29. The molecular weight excluding hydrogens is 160 g/mol. The molecule has 0 amide bonds. The maximum Gasteiger partial charge on any atom is 0.180 e. The molecule has 0 aromatic carbocycles. The number of hydrogen-bond acceptors (Lipinski definition) is 4. The highest BCUT2D eigenvalue weighted by molar-refractivity contribution is 7.13. The summed E-state index contributed by atoms with van der Waals surface area (Å²) in [6.07, 6.45) is 0. The number of Topliss-reactive ketones (excluding diaryl/α,β-unsaturated/α-hetero) is 1. The topological polar surface area (TPSA) is 56.0 Å². The van der Waals surface area contributed by atoms with Gasteiger partial charge in [0, 0.05) is 5.38 Å². The molecule has 0 aliphatic carbocycles. The molecule has 1 rings (SSSR count). The van der Waals surface area contributed by atoms with Crippen LogP contribution in [0.2, 0.25) is 0 Å². The van der Waals surface area contributed by atoms with Crippen LogP contribution in [0.25, 0.3) is 0 Å². The molecule has 1 unspecified atom stereocenters. The third-order valence-electron chi connectivity index (χ3n) is 1.59. The van der Waals surface area contributed by atoms with Crippen molar-refractivity contribution < 1.29 is 4.79 Å². The van der Waals surface area contributed by atoms with Crippen molar-refractivity contribution in [3.05, 3.63) is 11.1 Å². The SMILES string of the molecule is CC(=O)C(C)c1csc(N)n1. The first-order chi connectivity index (χ1) is 5.11. The van der Waals surface area contributed by atoms with Gasteiger partial charge in [0.05, 0.1) is 11.6 Å². The van der Waals surface area contributed by atoms with Crippen LogP contribution in [0.5, 0.6) is 0 Å². The Hall–Kier alpha value is -0.900. The summed E-state index contributed by atoms with van der Waals surface area (Å²) >= 11 is 1.36. The second-order valence-corrected chi connectivity index (χ2v) is 3.33. The Balaban J connectivity index is 2.84. The first-order valence-corrected chi connectivity index (χ1v) is 4.20. The van der Waals surface area contributed by atoms with E-state index in [1.165, 1.54) is 11.3 Å². The van der Waals surface area contributed by atoms with Crippen LogP contribution in [0.4, 0.5) is 5.13 Å². The molecule has 0 fully saturated rings. The summed E-state index contributed by atoms with van der Waals surface area (Å²) in [5, 5.41) is 2.34. The van der Waals surface area contributed by atoms with Gasteiger partial charge in [0.25, 0.3) is 0 Å². The van der Waals surface area contributed by atoms with Crippen LogP contribution in [0.1, 0.15) is 25.5 Å². The molecule has 3 nitrogen and oxygen atoms in total. The summed E-state index contributed by atoms with van der Waals surface area (Å²) in [7, 11) is 0. The molecule has 0 aliphatic rings. The first kappa shape index (κ1) is 8.20. The molecule has 11 heavy (non-hydrogen) atoms. The van der Waals surface area contributed by atoms with Gasteiger partial charge in [-0.15, -0.1) is 11.3 Å². The van der Waals surface area contributed by atoms with Crippen molar-refractivity contribution in [2.75, 3.05) is 5.73 Å². The largest absolute Gasteiger partial charge is 0.375 e. The molecule has 0 spiro atoms. The Kier molecular flexibility index (Phi) is 2.24. The lowest BCUT2D eigenvalue weighted by Crippen LogP contribution is -2.04. The average Bonchev–Trinajstić information content (AvgIpc) is 2.34. The minimum atomic E-state index is -0.122. The van der Waals surface area contributed by atoms with Crippen molar-refractivity contribution in [3.63, 3.8) is 0 Å². The molecule has 4 heteroatoms. The number of nitrogens with zero attached hydrogens (tertiary/aromatic N) is 1. The van der Waals surface area contributed by atoms with E-state index in [0.29, 0.717) is 5.13 Å². The molecule has 0 bridgehead atoms. The number of rotatable bonds is 2. The van der Waals surface area contributed by atoms with Crippen LogP contribution >= 0.6 is 11.3 Å². The van der Waals surface area contributed by atoms with E-state index >= 15 is 0 Å². The van der Waals surface area contributed by atoms with Crippen molar-refractivity contribution in [3.8, 4) is 0 Å². The van der Waals surface area contributed by atoms with Crippen LogP contribution in [0, 0.1) is 0 Å². The second kappa shape index (κ2) is 3.00. The normalized spacial score (nSPS) is 12.9. The maximum absolute atomic E-state index is 10.9. The molecule has 1 heterocycles. The quantitative estimate of drug-likeness (QED) is 0.730. The van der Waals surface area contributed by atoms with E-state index in [2.05, 4.69) is 4.98 Å². The number of nitrogens with two attached hydrogens (primary N) is 1. The van der Waals surface area contributed by atoms with Crippen LogP contribution < -0.4 is 5.73 Å². The zero-order chi connectivity index (χ0) is 8.43. The van der Waals surface area contributed by atoms with Crippen molar-refractivity contribution in [2.45, 2.75) is 19.8 Å². The Morgan fingerprint density at radius 2 is 2.45 bits per heavy atom. The van der Waals surface area contributed by atoms with Crippen LogP contribution in [0.3, 0.4) is 0 Å². The molecule has 60 valence electrons. The number of thiazole rings is 1. The van der Waals surface area contributed by atoms with E-state index in [1.54, 1.807) is 6.92 Å². The molecule has 2 N–H and O–H groups in total. The molecule has 0 saturated carbocycles. The first-order valence-electron chi connectivity index (χ1n) is 3.32. The van der Waals surface area contributed by atoms with Gasteiger partial charge in [0.15, 0.2) is 5.13 Å². The van der Waals surface area contributed by atoms with E-state index in [0.717, 1.165) is 5.69 Å². The lowest BCUT2D eigenvalue weighted by atomic mass is 10.1. The third kappa shape index (κ3) is 1.77. The average molecular weight is 170 g/mol. The van der Waals surface area contributed by atoms with Crippen molar-refractivity contribution >= 4 is 22.3 Å². The van der Waals surface area contributed by atoms with E-state index in [-0.39, 0.29) is 11.7 Å². The number of ketones is 1. The minimum absolute atomic E-state index is 0.121. The fourth-order valence-corrected chi connectivity index (χ4v) is 1.36. The van der Waals surface area contributed by atoms with Gasteiger partial charge < -0.3 is 5.73 Å². The summed E-state index contributed by atoms with van der Waals surface area (Å²) in [4.78, 5) is 14.9. The molecule has 0 saturated heterocycles. The van der Waals surface area contributed by atoms with Gasteiger partial charge in [-0.05, 0) is 13.8 Å². The Morgan fingerprint density at radius 3 is 2.82 bits per heavy atom. The summed E-state index contributed by atoms with van der Waals surface area (Å²) < 4.78 is 0. The molecule has 1 aromatic heterocycles. The summed E-state index contributed by atoms with van der Waals surface area (Å²) in [6, 6.07) is 0. The van der Waals surface area contributed by atoms with Gasteiger partial charge in [-0.25, -0.2) is 4.98 Å². The van der Waals surface area contributed by atoms with Gasteiger partial charge in [0.1, 0.15) is 5.78 Å². The van der Waals surface area contributed by atoms with Gasteiger partial charge in [-0.2, -0.15) is 0 Å². The highest BCUT2D eigenvalue weighted by atomic mass is 32.1. The number of nitrogen functional groups attached to an aromatic ring is 1. The number of hydrogen-bond donors (Lipinski definition) is 1. The molecule has 0 radical (unpaired) electrons. The summed E-state index contributed by atoms with van der Waals surface area (Å²) in [6.45, 7) is 3.39. The highest BCUT2D eigenvalue weighted by Crippen LogP contribution is 2.19. The van der Waals surface area contributed by atoms with E-state index in [9.17, 15) is 4.79 Å². The van der Waals surface area contributed by atoms with Crippen LogP contribution in [0.15, 0.2) is 5.38 Å². The maximum atomic E-state index is 10.9. The van der Waals surface area contributed by atoms with E-state index < -0.39 is 0 Å². The Morgan fingerprint density at radius 1 is 1.82 bits per heavy atom.